The van der Waals surface area contributed by atoms with Gasteiger partial charge in [-0.05, 0) is 6.92 Å². The molecule has 0 aromatic heterocycles. The van der Waals surface area contributed by atoms with E-state index in [9.17, 15) is 4.79 Å². The normalized spacial score (nSPS) is 17.4. The van der Waals surface area contributed by atoms with Crippen LogP contribution >= 0.6 is 23.2 Å². The molecule has 0 amide bonds. The first-order valence-electron chi connectivity index (χ1n) is 2.06. The molecule has 2 nitrogen and oxygen atoms in total. The highest BCUT2D eigenvalue weighted by Crippen LogP contribution is 2.08. The molecule has 0 saturated carbocycles. The lowest BCUT2D eigenvalue weighted by atomic mass is 10.3. The third kappa shape index (κ3) is 2.38. The highest BCUT2D eigenvalue weighted by atomic mass is 35.5. The van der Waals surface area contributed by atoms with Crippen molar-refractivity contribution in [1.82, 2.24) is 0 Å². The van der Waals surface area contributed by atoms with Crippen LogP contribution in [0, 0.1) is 0 Å². The van der Waals surface area contributed by atoms with Crippen molar-refractivity contribution in [3.8, 4) is 0 Å². The van der Waals surface area contributed by atoms with E-state index < -0.39 is 16.7 Å². The molecule has 0 radical (unpaired) electrons. The SMILES string of the molecule is C[C@@H](Cl)[C@@H](Cl)C(=O)O. The molecular formula is C4H6Cl2O2. The van der Waals surface area contributed by atoms with Gasteiger partial charge in [-0.25, -0.2) is 0 Å². The molecule has 4 heteroatoms. The number of carbonyl (C=O) groups is 1. The van der Waals surface area contributed by atoms with Crippen molar-refractivity contribution >= 4 is 29.2 Å². The summed E-state index contributed by atoms with van der Waals surface area (Å²) in [6.07, 6.45) is 0. The van der Waals surface area contributed by atoms with Gasteiger partial charge < -0.3 is 5.11 Å². The quantitative estimate of drug-likeness (QED) is 0.613. The van der Waals surface area contributed by atoms with Crippen molar-refractivity contribution in [1.29, 1.82) is 0 Å². The van der Waals surface area contributed by atoms with Gasteiger partial charge in [0.05, 0.1) is 5.38 Å². The molecule has 1 N–H and O–H groups in total. The zero-order chi connectivity index (χ0) is 6.73. The Morgan fingerprint density at radius 1 is 1.62 bits per heavy atom. The fourth-order valence-corrected chi connectivity index (χ4v) is 0.304. The molecule has 48 valence electrons. The number of alkyl halides is 2. The smallest absolute Gasteiger partial charge is 0.323 e. The molecular weight excluding hydrogens is 151 g/mol. The fourth-order valence-electron chi connectivity index (χ4n) is 0.196. The second-order valence-electron chi connectivity index (χ2n) is 1.42. The topological polar surface area (TPSA) is 37.3 Å². The van der Waals surface area contributed by atoms with E-state index in [1.807, 2.05) is 0 Å². The summed E-state index contributed by atoms with van der Waals surface area (Å²) in [7, 11) is 0. The minimum Gasteiger partial charge on any atom is -0.480 e. The van der Waals surface area contributed by atoms with Crippen molar-refractivity contribution in [2.24, 2.45) is 0 Å². The Morgan fingerprint density at radius 3 is 2.00 bits per heavy atom. The third-order valence-electron chi connectivity index (χ3n) is 0.639. The molecule has 0 aromatic rings. The number of carboxylic acids is 1. The van der Waals surface area contributed by atoms with Gasteiger partial charge in [-0.3, -0.25) is 4.79 Å². The number of carboxylic acid groups (broad SMARTS) is 1. The minimum atomic E-state index is -1.07. The molecule has 0 unspecified atom stereocenters. The minimum absolute atomic E-state index is 0.519. The molecule has 0 bridgehead atoms. The van der Waals surface area contributed by atoms with Crippen LogP contribution in [0.15, 0.2) is 0 Å². The van der Waals surface area contributed by atoms with Crippen LogP contribution in [0.1, 0.15) is 6.92 Å². The third-order valence-corrected chi connectivity index (χ3v) is 1.58. The van der Waals surface area contributed by atoms with Crippen LogP contribution in [0.4, 0.5) is 0 Å². The van der Waals surface area contributed by atoms with Crippen LogP contribution in [-0.2, 0) is 4.79 Å². The summed E-state index contributed by atoms with van der Waals surface area (Å²) in [6.45, 7) is 1.54. The number of hydrogen-bond acceptors (Lipinski definition) is 1. The fraction of sp³-hybridized carbons (Fsp3) is 0.750. The molecule has 0 fully saturated rings. The molecule has 0 heterocycles. The number of halogens is 2. The summed E-state index contributed by atoms with van der Waals surface area (Å²) in [6, 6.07) is 0. The van der Waals surface area contributed by atoms with Gasteiger partial charge in [0.2, 0.25) is 0 Å². The summed E-state index contributed by atoms with van der Waals surface area (Å²) < 4.78 is 0. The van der Waals surface area contributed by atoms with Gasteiger partial charge in [0, 0.05) is 0 Å². The highest BCUT2D eigenvalue weighted by Gasteiger charge is 2.18. The first-order valence-corrected chi connectivity index (χ1v) is 2.94. The maximum absolute atomic E-state index is 9.92. The Hall–Kier alpha value is 0.0500. The second-order valence-corrected chi connectivity index (χ2v) is 2.58. The maximum Gasteiger partial charge on any atom is 0.323 e. The van der Waals surface area contributed by atoms with Crippen LogP contribution in [0.25, 0.3) is 0 Å². The van der Waals surface area contributed by atoms with Gasteiger partial charge in [0.15, 0.2) is 0 Å². The molecule has 0 aliphatic heterocycles. The summed E-state index contributed by atoms with van der Waals surface area (Å²) in [4.78, 5) is 9.92. The van der Waals surface area contributed by atoms with Crippen LogP contribution in [-0.4, -0.2) is 21.8 Å². The van der Waals surface area contributed by atoms with E-state index in [0.717, 1.165) is 0 Å². The van der Waals surface area contributed by atoms with E-state index in [2.05, 4.69) is 0 Å². The largest absolute Gasteiger partial charge is 0.480 e. The zero-order valence-electron chi connectivity index (χ0n) is 4.27. The van der Waals surface area contributed by atoms with Gasteiger partial charge >= 0.3 is 5.97 Å². The molecule has 0 aromatic carbocycles. The first kappa shape index (κ1) is 8.05. The summed E-state index contributed by atoms with van der Waals surface area (Å²) in [5.74, 6) is -1.07. The van der Waals surface area contributed by atoms with E-state index in [4.69, 9.17) is 28.3 Å². The molecule has 2 atom stereocenters. The van der Waals surface area contributed by atoms with Crippen molar-refractivity contribution in [2.75, 3.05) is 0 Å². The monoisotopic (exact) mass is 156 g/mol. The maximum atomic E-state index is 9.92. The van der Waals surface area contributed by atoms with Crippen LogP contribution in [0.3, 0.4) is 0 Å². The van der Waals surface area contributed by atoms with Crippen molar-refractivity contribution in [3.05, 3.63) is 0 Å². The average Bonchev–Trinajstić information content (AvgIpc) is 1.64. The van der Waals surface area contributed by atoms with E-state index in [-0.39, 0.29) is 0 Å². The Labute approximate surface area is 57.4 Å². The molecule has 0 spiro atoms. The molecule has 0 saturated heterocycles. The van der Waals surface area contributed by atoms with E-state index in [1.54, 1.807) is 0 Å². The van der Waals surface area contributed by atoms with Crippen LogP contribution in [0.5, 0.6) is 0 Å². The summed E-state index contributed by atoms with van der Waals surface area (Å²) >= 11 is 10.5. The molecule has 0 aliphatic rings. The number of hydrogen-bond donors (Lipinski definition) is 1. The number of aliphatic carboxylic acids is 1. The molecule has 0 rings (SSSR count). The lowest BCUT2D eigenvalue weighted by Crippen LogP contribution is -2.21. The van der Waals surface area contributed by atoms with Gasteiger partial charge in [0.25, 0.3) is 0 Å². The lowest BCUT2D eigenvalue weighted by molar-refractivity contribution is -0.136. The Bertz CT molecular complexity index is 92.0. The summed E-state index contributed by atoms with van der Waals surface area (Å²) in [5.41, 5.74) is 0. The highest BCUT2D eigenvalue weighted by molar-refractivity contribution is 6.36. The Kier molecular flexibility index (Phi) is 3.17. The van der Waals surface area contributed by atoms with E-state index >= 15 is 0 Å². The zero-order valence-corrected chi connectivity index (χ0v) is 5.78. The van der Waals surface area contributed by atoms with Gasteiger partial charge in [-0.1, -0.05) is 0 Å². The van der Waals surface area contributed by atoms with E-state index in [0.29, 0.717) is 0 Å². The Balaban J connectivity index is 3.64. The van der Waals surface area contributed by atoms with Crippen molar-refractivity contribution in [3.63, 3.8) is 0 Å². The van der Waals surface area contributed by atoms with Gasteiger partial charge in [-0.2, -0.15) is 0 Å². The average molecular weight is 157 g/mol. The second kappa shape index (κ2) is 3.15. The van der Waals surface area contributed by atoms with Crippen molar-refractivity contribution in [2.45, 2.75) is 17.7 Å². The van der Waals surface area contributed by atoms with E-state index in [1.165, 1.54) is 6.92 Å². The number of rotatable bonds is 2. The Morgan fingerprint density at radius 2 is 2.00 bits per heavy atom. The molecule has 8 heavy (non-hydrogen) atoms. The molecule has 0 aliphatic carbocycles. The lowest BCUT2D eigenvalue weighted by Gasteiger charge is -2.03. The van der Waals surface area contributed by atoms with Gasteiger partial charge in [0.1, 0.15) is 5.38 Å². The van der Waals surface area contributed by atoms with Gasteiger partial charge in [-0.15, -0.1) is 23.2 Å². The van der Waals surface area contributed by atoms with Crippen molar-refractivity contribution < 1.29 is 9.90 Å². The van der Waals surface area contributed by atoms with Crippen LogP contribution < -0.4 is 0 Å². The first-order chi connectivity index (χ1) is 3.55. The predicted molar refractivity (Wildman–Crippen MR) is 32.6 cm³/mol. The standard InChI is InChI=1S/C4H6Cl2O2/c1-2(5)3(6)4(7)8/h2-3H,1H3,(H,7,8)/t2-,3-/m1/s1. The summed E-state index contributed by atoms with van der Waals surface area (Å²) in [5, 5.41) is 6.64. The predicted octanol–water partition coefficient (Wildman–Crippen LogP) is 1.31. The van der Waals surface area contributed by atoms with Crippen LogP contribution in [0.2, 0.25) is 0 Å².